The zero-order chi connectivity index (χ0) is 41.3. The Morgan fingerprint density at radius 3 is 1.25 bits per heavy atom. The lowest BCUT2D eigenvalue weighted by atomic mass is 9.99. The zero-order valence-electron chi connectivity index (χ0n) is 35.1. The van der Waals surface area contributed by atoms with E-state index in [2.05, 4.69) is 63.0 Å². The second-order valence-electron chi connectivity index (χ2n) is 17.2. The molecule has 0 radical (unpaired) electrons. The molecule has 3 aliphatic rings. The van der Waals surface area contributed by atoms with Gasteiger partial charge in [0.25, 0.3) is 11.8 Å². The van der Waals surface area contributed by atoms with Gasteiger partial charge in [-0.3, -0.25) is 19.2 Å². The molecule has 0 saturated heterocycles. The van der Waals surface area contributed by atoms with E-state index in [0.29, 0.717) is 36.1 Å². The molecule has 2 aromatic heterocycles. The highest BCUT2D eigenvalue weighted by atomic mass is 16.2. The number of imidazole rings is 2. The number of nitrogens with one attached hydrogen (secondary N) is 4. The minimum atomic E-state index is -0.909. The monoisotopic (exact) mass is 778 g/mol. The summed E-state index contributed by atoms with van der Waals surface area (Å²) in [6.07, 6.45) is 0. The second-order valence-corrected chi connectivity index (χ2v) is 17.2. The van der Waals surface area contributed by atoms with Crippen molar-refractivity contribution in [1.29, 1.82) is 0 Å². The van der Waals surface area contributed by atoms with Crippen molar-refractivity contribution in [2.24, 2.45) is 23.7 Å². The first-order valence-electron chi connectivity index (χ1n) is 20.4. The van der Waals surface area contributed by atoms with E-state index >= 15 is 0 Å². The van der Waals surface area contributed by atoms with E-state index in [0.717, 1.165) is 35.3 Å². The average Bonchev–Trinajstić information content (AvgIpc) is 3.64. The number of benzene rings is 2. The van der Waals surface area contributed by atoms with Crippen LogP contribution in [-0.4, -0.2) is 54.8 Å². The van der Waals surface area contributed by atoms with Crippen LogP contribution in [0.5, 0.6) is 0 Å². The van der Waals surface area contributed by atoms with Crippen LogP contribution in [0.4, 0.5) is 0 Å². The molecule has 0 aliphatic carbocycles. The lowest BCUT2D eigenvalue weighted by molar-refractivity contribution is -0.686. The molecule has 3 aliphatic heterocycles. The quantitative estimate of drug-likeness (QED) is 0.208. The molecule has 0 fully saturated rings. The third-order valence-corrected chi connectivity index (χ3v) is 11.3. The van der Waals surface area contributed by atoms with Gasteiger partial charge < -0.3 is 35.7 Å². The summed E-state index contributed by atoms with van der Waals surface area (Å²) in [6, 6.07) is 13.7. The van der Waals surface area contributed by atoms with Crippen LogP contribution in [-0.2, 0) is 35.8 Å². The van der Waals surface area contributed by atoms with Gasteiger partial charge in [-0.05, 0) is 60.8 Å². The number of carbonyl (C=O) groups is 4. The summed E-state index contributed by atoms with van der Waals surface area (Å²) in [5.41, 5.74) is 5.94. The first-order chi connectivity index (χ1) is 27.0. The maximum Gasteiger partial charge on any atom is 0.272 e. The first kappa shape index (κ1) is 41.3. The van der Waals surface area contributed by atoms with Crippen LogP contribution in [0.25, 0.3) is 0 Å². The number of amides is 4. The molecular weight excluding hydrogens is 719 g/mol. The summed E-state index contributed by atoms with van der Waals surface area (Å²) in [5.74, 6) is -1.50. The number of hydrogen-bond donors (Lipinski definition) is 5. The molecule has 0 saturated carbocycles. The number of quaternary nitrogens is 1. The van der Waals surface area contributed by atoms with Crippen molar-refractivity contribution in [3.63, 3.8) is 0 Å². The van der Waals surface area contributed by atoms with Crippen molar-refractivity contribution in [2.45, 2.75) is 120 Å². The van der Waals surface area contributed by atoms with E-state index in [1.54, 1.807) is 0 Å². The van der Waals surface area contributed by atoms with Gasteiger partial charge in [0, 0.05) is 35.6 Å². The Labute approximate surface area is 336 Å². The standard InChI is InChI=1S/C44H59N9O4/c1-23(2)33-39-46-37-27(9)52(39)21-31-15-11-13-29(17-31)19-45-20-30-14-12-16-32(18-30)22-53-28(10)38(44(57)50-35(25(5)6)41(54)48-33)47-40(53)34(24(3)4)49-42(55)36(26(7)8)51-43(37)56/h11-18,23-26,33-36,45H,19-22H2,1-10H3,(H,48,54)(H,49,55)(H,50,57)(H,51,56)/p+1. The summed E-state index contributed by atoms with van der Waals surface area (Å²) in [7, 11) is 0. The van der Waals surface area contributed by atoms with Gasteiger partial charge in [0.2, 0.25) is 11.8 Å². The predicted octanol–water partition coefficient (Wildman–Crippen LogP) is 4.22. The summed E-state index contributed by atoms with van der Waals surface area (Å²) in [4.78, 5) is 67.5. The van der Waals surface area contributed by atoms with E-state index in [-0.39, 0.29) is 46.9 Å². The normalized spacial score (nSPS) is 21.1. The Kier molecular flexibility index (Phi) is 12.4. The van der Waals surface area contributed by atoms with Crippen molar-refractivity contribution in [2.75, 3.05) is 0 Å². The minimum absolute atomic E-state index is 0.147. The highest BCUT2D eigenvalue weighted by Gasteiger charge is 2.37. The highest BCUT2D eigenvalue weighted by Crippen LogP contribution is 2.29. The Balaban J connectivity index is 1.62. The molecule has 2 aromatic carbocycles. The molecule has 10 bridgehead atoms. The number of hydrogen-bond acceptors (Lipinski definition) is 6. The van der Waals surface area contributed by atoms with E-state index in [1.165, 1.54) is 0 Å². The lowest BCUT2D eigenvalue weighted by Crippen LogP contribution is -2.80. The van der Waals surface area contributed by atoms with E-state index in [4.69, 9.17) is 9.97 Å². The van der Waals surface area contributed by atoms with Crippen molar-refractivity contribution in [3.05, 3.63) is 105 Å². The van der Waals surface area contributed by atoms with E-state index in [1.807, 2.05) is 90.5 Å². The first-order valence-corrected chi connectivity index (χ1v) is 20.4. The highest BCUT2D eigenvalue weighted by molar-refractivity contribution is 5.98. The largest absolute Gasteiger partial charge is 0.344 e. The van der Waals surface area contributed by atoms with Crippen molar-refractivity contribution in [3.8, 4) is 0 Å². The Bertz CT molecular complexity index is 2000. The molecule has 5 heterocycles. The summed E-state index contributed by atoms with van der Waals surface area (Å²) in [6.45, 7) is 21.6. The third-order valence-electron chi connectivity index (χ3n) is 11.3. The van der Waals surface area contributed by atoms with Crippen LogP contribution in [0.3, 0.4) is 0 Å². The number of rotatable bonds is 4. The number of nitrogens with zero attached hydrogens (tertiary/aromatic N) is 4. The molecule has 4 amide bonds. The molecule has 0 spiro atoms. The van der Waals surface area contributed by atoms with Gasteiger partial charge in [-0.25, -0.2) is 9.97 Å². The Morgan fingerprint density at radius 2 is 0.895 bits per heavy atom. The van der Waals surface area contributed by atoms with Crippen LogP contribution in [0, 0.1) is 37.5 Å². The fourth-order valence-corrected chi connectivity index (χ4v) is 7.93. The van der Waals surface area contributed by atoms with Gasteiger partial charge in [-0.2, -0.15) is 0 Å². The maximum atomic E-state index is 14.4. The zero-order valence-corrected chi connectivity index (χ0v) is 35.1. The van der Waals surface area contributed by atoms with Crippen LogP contribution >= 0.6 is 0 Å². The predicted molar refractivity (Wildman–Crippen MR) is 218 cm³/mol. The molecule has 304 valence electrons. The van der Waals surface area contributed by atoms with Crippen LogP contribution < -0.4 is 26.6 Å². The number of aromatic nitrogens is 4. The smallest absolute Gasteiger partial charge is 0.272 e. The fourth-order valence-electron chi connectivity index (χ4n) is 7.93. The minimum Gasteiger partial charge on any atom is -0.344 e. The molecule has 13 heteroatoms. The van der Waals surface area contributed by atoms with Crippen LogP contribution in [0.2, 0.25) is 0 Å². The van der Waals surface area contributed by atoms with Gasteiger partial charge in [0.05, 0.1) is 12.1 Å². The Hall–Kier alpha value is -5.30. The molecule has 57 heavy (non-hydrogen) atoms. The molecule has 13 nitrogen and oxygen atoms in total. The van der Waals surface area contributed by atoms with Gasteiger partial charge in [-0.1, -0.05) is 91.8 Å². The number of fused-ring (bicyclic) bond motifs is 12. The van der Waals surface area contributed by atoms with Crippen molar-refractivity contribution in [1.82, 2.24) is 40.4 Å². The Morgan fingerprint density at radius 1 is 0.544 bits per heavy atom. The van der Waals surface area contributed by atoms with Crippen LogP contribution in [0.15, 0.2) is 48.5 Å². The number of carbonyl (C=O) groups excluding carboxylic acids is 4. The van der Waals surface area contributed by atoms with Gasteiger partial charge >= 0.3 is 0 Å². The summed E-state index contributed by atoms with van der Waals surface area (Å²) < 4.78 is 3.99. The topological polar surface area (TPSA) is 169 Å². The van der Waals surface area contributed by atoms with Crippen LogP contribution in [0.1, 0.15) is 134 Å². The van der Waals surface area contributed by atoms with E-state index < -0.39 is 36.0 Å². The summed E-state index contributed by atoms with van der Waals surface area (Å²) >= 11 is 0. The maximum absolute atomic E-state index is 14.4. The molecular formula is C44H60N9O4+. The van der Waals surface area contributed by atoms with Crippen molar-refractivity contribution < 1.29 is 24.5 Å². The molecule has 6 N–H and O–H groups in total. The molecule has 4 atom stereocenters. The van der Waals surface area contributed by atoms with Gasteiger partial charge in [-0.15, -0.1) is 0 Å². The summed E-state index contributed by atoms with van der Waals surface area (Å²) in [5, 5.41) is 14.8. The van der Waals surface area contributed by atoms with Crippen molar-refractivity contribution >= 4 is 23.6 Å². The molecule has 4 unspecified atom stereocenters. The lowest BCUT2D eigenvalue weighted by Gasteiger charge is -2.28. The van der Waals surface area contributed by atoms with Gasteiger partial charge in [0.1, 0.15) is 48.2 Å². The average molecular weight is 779 g/mol. The van der Waals surface area contributed by atoms with E-state index in [9.17, 15) is 19.2 Å². The van der Waals surface area contributed by atoms with Gasteiger partial charge in [0.15, 0.2) is 0 Å². The molecule has 7 rings (SSSR count). The third kappa shape index (κ3) is 8.83. The second kappa shape index (κ2) is 17.1. The SMILES string of the molecule is Cc1c2nc3n1Cc1cccc(c1)C[NH2+]Cc1cccc(c1)Cn1c(nc(c1C)C(=O)NC(C(C)C)C(=O)NC3C(C)C)C(C(C)C)NC(=O)C(C(C)C)NC2=O. The number of nitrogens with two attached hydrogens (primary N) is 1. The molecule has 4 aromatic rings. The fraction of sp³-hybridized carbons (Fsp3) is 0.500.